The minimum Gasteiger partial charge on any atom is -0.383 e. The van der Waals surface area contributed by atoms with Gasteiger partial charge in [0, 0.05) is 47.5 Å². The molecule has 2 aromatic heterocycles. The minimum atomic E-state index is -4.60. The topological polar surface area (TPSA) is 89.1 Å². The number of nitrogens with zero attached hydrogens (tertiary/aromatic N) is 4. The number of halogens is 4. The molecule has 5 rings (SSSR count). The third-order valence-corrected chi connectivity index (χ3v) is 7.58. The number of urea groups is 1. The van der Waals surface area contributed by atoms with Gasteiger partial charge in [-0.1, -0.05) is 29.8 Å². The lowest BCUT2D eigenvalue weighted by molar-refractivity contribution is -0.137. The Morgan fingerprint density at radius 2 is 1.86 bits per heavy atom. The molecule has 0 saturated carbocycles. The van der Waals surface area contributed by atoms with Gasteiger partial charge in [0.25, 0.3) is 0 Å². The van der Waals surface area contributed by atoms with E-state index < -0.39 is 23.1 Å². The lowest BCUT2D eigenvalue weighted by atomic mass is 9.82. The Kier molecular flexibility index (Phi) is 5.70. The summed E-state index contributed by atoms with van der Waals surface area (Å²) in [6.07, 6.45) is -1.75. The Bertz CT molecular complexity index is 1340. The van der Waals surface area contributed by atoms with Crippen LogP contribution in [-0.4, -0.2) is 38.8 Å². The van der Waals surface area contributed by atoms with Crippen molar-refractivity contribution in [2.75, 3.05) is 18.8 Å². The number of nitrogens with two attached hydrogens (primary N) is 1. The number of nitrogen functional groups attached to an aromatic ring is 1. The number of aryl methyl sites for hydroxylation is 1. The van der Waals surface area contributed by atoms with E-state index in [1.54, 1.807) is 11.0 Å². The zero-order valence-corrected chi connectivity index (χ0v) is 20.6. The van der Waals surface area contributed by atoms with E-state index in [2.05, 4.69) is 15.4 Å². The highest BCUT2D eigenvalue weighted by atomic mass is 35.5. The molecule has 3 N–H and O–H groups in total. The standard InChI is InChI=1S/C25H26ClF3N6O/c1-23(2,16-5-3-4-6-18(16)26)32-22(36)34-9-7-24(14-34)8-10-35-20(24)12-19(33-35)15-11-17(25(27,28)29)21(30)31-13-15/h3-6,11-13H,7-10,14H2,1-2H3,(H2,30,31)(H,32,36). The summed E-state index contributed by atoms with van der Waals surface area (Å²) in [5, 5.41) is 8.22. The van der Waals surface area contributed by atoms with Crippen LogP contribution in [0.2, 0.25) is 5.02 Å². The maximum absolute atomic E-state index is 13.3. The van der Waals surface area contributed by atoms with Crippen molar-refractivity contribution in [2.45, 2.75) is 50.4 Å². The minimum absolute atomic E-state index is 0.187. The Hall–Kier alpha value is -3.27. The number of fused-ring (bicyclic) bond motifs is 2. The molecule has 1 fully saturated rings. The van der Waals surface area contributed by atoms with E-state index in [0.717, 1.165) is 30.2 Å². The van der Waals surface area contributed by atoms with Gasteiger partial charge in [0.2, 0.25) is 0 Å². The van der Waals surface area contributed by atoms with Gasteiger partial charge in [-0.2, -0.15) is 18.3 Å². The maximum atomic E-state index is 13.3. The lowest BCUT2D eigenvalue weighted by Gasteiger charge is -2.31. The van der Waals surface area contributed by atoms with Gasteiger partial charge in [0.15, 0.2) is 0 Å². The van der Waals surface area contributed by atoms with Crippen molar-refractivity contribution in [1.82, 2.24) is 25.0 Å². The van der Waals surface area contributed by atoms with Crippen LogP contribution in [0.15, 0.2) is 42.6 Å². The first-order valence-electron chi connectivity index (χ1n) is 11.6. The van der Waals surface area contributed by atoms with Crippen LogP contribution in [0.3, 0.4) is 0 Å². The molecule has 1 atom stereocenters. The van der Waals surface area contributed by atoms with Crippen LogP contribution in [0.1, 0.15) is 43.5 Å². The monoisotopic (exact) mass is 518 g/mol. The molecule has 2 amide bonds. The van der Waals surface area contributed by atoms with Crippen molar-refractivity contribution in [1.29, 1.82) is 0 Å². The van der Waals surface area contributed by atoms with Crippen LogP contribution < -0.4 is 11.1 Å². The number of hydrogen-bond acceptors (Lipinski definition) is 4. The van der Waals surface area contributed by atoms with Crippen LogP contribution in [0.5, 0.6) is 0 Å². The third kappa shape index (κ3) is 4.17. The average molecular weight is 519 g/mol. The number of alkyl halides is 3. The highest BCUT2D eigenvalue weighted by Crippen LogP contribution is 2.44. The van der Waals surface area contributed by atoms with Crippen molar-refractivity contribution < 1.29 is 18.0 Å². The molecular weight excluding hydrogens is 493 g/mol. The molecule has 7 nitrogen and oxygen atoms in total. The Morgan fingerprint density at radius 3 is 2.58 bits per heavy atom. The van der Waals surface area contributed by atoms with Crippen molar-refractivity contribution >= 4 is 23.4 Å². The number of anilines is 1. The lowest BCUT2D eigenvalue weighted by Crippen LogP contribution is -2.48. The molecule has 1 saturated heterocycles. The summed E-state index contributed by atoms with van der Waals surface area (Å²) >= 11 is 6.35. The van der Waals surface area contributed by atoms with E-state index in [9.17, 15) is 18.0 Å². The predicted molar refractivity (Wildman–Crippen MR) is 130 cm³/mol. The first-order chi connectivity index (χ1) is 16.9. The van der Waals surface area contributed by atoms with Crippen LogP contribution >= 0.6 is 11.6 Å². The van der Waals surface area contributed by atoms with Crippen LogP contribution in [0.4, 0.5) is 23.8 Å². The highest BCUT2D eigenvalue weighted by molar-refractivity contribution is 6.31. The number of likely N-dealkylation sites (tertiary alicyclic amines) is 1. The summed E-state index contributed by atoms with van der Waals surface area (Å²) in [7, 11) is 0. The summed E-state index contributed by atoms with van der Waals surface area (Å²) in [6.45, 7) is 5.50. The highest BCUT2D eigenvalue weighted by Gasteiger charge is 2.47. The molecule has 3 aromatic rings. The van der Waals surface area contributed by atoms with E-state index in [4.69, 9.17) is 17.3 Å². The van der Waals surface area contributed by atoms with Crippen molar-refractivity contribution in [3.63, 3.8) is 0 Å². The molecule has 1 spiro atoms. The fourth-order valence-electron chi connectivity index (χ4n) is 5.29. The Labute approximate surface area is 211 Å². The zero-order chi connectivity index (χ0) is 25.9. The second-order valence-corrected chi connectivity index (χ2v) is 10.4. The molecule has 0 aliphatic carbocycles. The molecule has 4 heterocycles. The second-order valence-electron chi connectivity index (χ2n) is 10.0. The number of nitrogens with one attached hydrogen (secondary N) is 1. The maximum Gasteiger partial charge on any atom is 0.419 e. The van der Waals surface area contributed by atoms with Crippen molar-refractivity contribution in [2.24, 2.45) is 0 Å². The Balaban J connectivity index is 1.36. The Morgan fingerprint density at radius 1 is 1.14 bits per heavy atom. The van der Waals surface area contributed by atoms with Crippen LogP contribution in [0.25, 0.3) is 11.3 Å². The van der Waals surface area contributed by atoms with Gasteiger partial charge >= 0.3 is 12.2 Å². The molecule has 2 aliphatic rings. The predicted octanol–water partition coefficient (Wildman–Crippen LogP) is 5.19. The van der Waals surface area contributed by atoms with E-state index >= 15 is 0 Å². The van der Waals surface area contributed by atoms with E-state index in [1.165, 1.54) is 6.20 Å². The van der Waals surface area contributed by atoms with Crippen molar-refractivity contribution in [3.05, 3.63) is 64.4 Å². The fraction of sp³-hybridized carbons (Fsp3) is 0.400. The number of rotatable bonds is 3. The van der Waals surface area contributed by atoms with Gasteiger partial charge in [0.05, 0.1) is 16.8 Å². The fourth-order valence-corrected chi connectivity index (χ4v) is 5.66. The first-order valence-corrected chi connectivity index (χ1v) is 12.0. The largest absolute Gasteiger partial charge is 0.419 e. The number of pyridine rings is 1. The molecule has 190 valence electrons. The average Bonchev–Trinajstić information content (AvgIpc) is 3.50. The van der Waals surface area contributed by atoms with E-state index in [-0.39, 0.29) is 17.0 Å². The number of carbonyl (C=O) groups excluding carboxylic acids is 1. The number of benzene rings is 1. The third-order valence-electron chi connectivity index (χ3n) is 7.25. The van der Waals surface area contributed by atoms with Gasteiger partial charge < -0.3 is 16.0 Å². The molecular formula is C25H26ClF3N6O. The van der Waals surface area contributed by atoms with Crippen LogP contribution in [0, 0.1) is 0 Å². The summed E-state index contributed by atoms with van der Waals surface area (Å²) < 4.78 is 41.8. The van der Waals surface area contributed by atoms with Gasteiger partial charge in [-0.25, -0.2) is 9.78 Å². The van der Waals surface area contributed by atoms with Gasteiger partial charge in [0.1, 0.15) is 5.82 Å². The number of aromatic nitrogens is 3. The molecule has 1 unspecified atom stereocenters. The summed E-state index contributed by atoms with van der Waals surface area (Å²) in [6, 6.07) is 10.0. The quantitative estimate of drug-likeness (QED) is 0.499. The van der Waals surface area contributed by atoms with Gasteiger partial charge in [-0.15, -0.1) is 0 Å². The molecule has 0 radical (unpaired) electrons. The molecule has 0 bridgehead atoms. The van der Waals surface area contributed by atoms with E-state index in [0.29, 0.717) is 30.4 Å². The smallest absolute Gasteiger partial charge is 0.383 e. The molecule has 36 heavy (non-hydrogen) atoms. The van der Waals surface area contributed by atoms with Crippen molar-refractivity contribution in [3.8, 4) is 11.3 Å². The van der Waals surface area contributed by atoms with Crippen LogP contribution in [-0.2, 0) is 23.7 Å². The van der Waals surface area contributed by atoms with E-state index in [1.807, 2.05) is 42.8 Å². The number of carbonyl (C=O) groups is 1. The summed E-state index contributed by atoms with van der Waals surface area (Å²) in [4.78, 5) is 18.7. The first kappa shape index (κ1) is 24.4. The molecule has 11 heteroatoms. The number of hydrogen-bond donors (Lipinski definition) is 2. The van der Waals surface area contributed by atoms with Gasteiger partial charge in [-0.05, 0) is 50.5 Å². The summed E-state index contributed by atoms with van der Waals surface area (Å²) in [5.41, 5.74) is 5.90. The summed E-state index contributed by atoms with van der Waals surface area (Å²) in [5.74, 6) is -0.563. The molecule has 2 aliphatic heterocycles. The SMILES string of the molecule is CC(C)(NC(=O)N1CCC2(CCn3nc(-c4cnc(N)c(C(F)(F)F)c4)cc32)C1)c1ccccc1Cl. The normalized spacial score (nSPS) is 19.7. The zero-order valence-electron chi connectivity index (χ0n) is 19.9. The van der Waals surface area contributed by atoms with Gasteiger partial charge in [-0.3, -0.25) is 4.68 Å². The number of amides is 2. The second kappa shape index (κ2) is 8.40. The molecule has 1 aromatic carbocycles.